The van der Waals surface area contributed by atoms with Crippen LogP contribution in [-0.2, 0) is 14.8 Å². The number of rotatable bonds is 7. The Bertz CT molecular complexity index is 735. The number of carbonyl (C=O) groups is 1. The Labute approximate surface area is 153 Å². The summed E-state index contributed by atoms with van der Waals surface area (Å²) < 4.78 is 51.4. The predicted octanol–water partition coefficient (Wildman–Crippen LogP) is 1.72. The van der Waals surface area contributed by atoms with E-state index < -0.39 is 21.7 Å². The van der Waals surface area contributed by atoms with E-state index in [1.165, 1.54) is 6.07 Å². The van der Waals surface area contributed by atoms with Gasteiger partial charge in [-0.25, -0.2) is 17.2 Å². The normalized spacial score (nSPS) is 16.5. The first-order valence-corrected chi connectivity index (χ1v) is 10.4. The largest absolute Gasteiger partial charge is 0.353 e. The predicted molar refractivity (Wildman–Crippen MR) is 96.4 cm³/mol. The number of anilines is 1. The molecule has 2 rings (SSSR count). The van der Waals surface area contributed by atoms with Gasteiger partial charge in [0, 0.05) is 25.1 Å². The quantitative estimate of drug-likeness (QED) is 0.771. The van der Waals surface area contributed by atoms with Gasteiger partial charge in [-0.15, -0.1) is 0 Å². The van der Waals surface area contributed by atoms with Crippen LogP contribution < -0.4 is 9.62 Å². The zero-order chi connectivity index (χ0) is 19.3. The number of piperidine rings is 1. The summed E-state index contributed by atoms with van der Waals surface area (Å²) in [6, 6.07) is 3.08. The lowest BCUT2D eigenvalue weighted by molar-refractivity contribution is -0.122. The van der Waals surface area contributed by atoms with E-state index in [1.54, 1.807) is 0 Å². The van der Waals surface area contributed by atoms with Gasteiger partial charge < -0.3 is 10.2 Å². The van der Waals surface area contributed by atoms with Gasteiger partial charge in [-0.05, 0) is 51.5 Å². The summed E-state index contributed by atoms with van der Waals surface area (Å²) in [4.78, 5) is 14.3. The van der Waals surface area contributed by atoms with Crippen molar-refractivity contribution >= 4 is 21.6 Å². The highest BCUT2D eigenvalue weighted by molar-refractivity contribution is 7.92. The molecule has 6 nitrogen and oxygen atoms in total. The molecule has 0 aliphatic carbocycles. The van der Waals surface area contributed by atoms with E-state index in [2.05, 4.69) is 10.2 Å². The molecule has 9 heteroatoms. The fourth-order valence-electron chi connectivity index (χ4n) is 2.96. The molecule has 1 amide bonds. The Morgan fingerprint density at radius 1 is 1.27 bits per heavy atom. The molecule has 26 heavy (non-hydrogen) atoms. The van der Waals surface area contributed by atoms with Gasteiger partial charge in [0.25, 0.3) is 0 Å². The average molecular weight is 389 g/mol. The number of carbonyl (C=O) groups excluding carboxylic acids is 1. The Morgan fingerprint density at radius 2 is 1.92 bits per heavy atom. The van der Waals surface area contributed by atoms with Gasteiger partial charge in [-0.1, -0.05) is 0 Å². The van der Waals surface area contributed by atoms with Gasteiger partial charge in [-0.3, -0.25) is 9.10 Å². The molecule has 0 saturated carbocycles. The van der Waals surface area contributed by atoms with Gasteiger partial charge in [0.15, 0.2) is 11.6 Å². The van der Waals surface area contributed by atoms with E-state index in [1.807, 2.05) is 7.05 Å². The van der Waals surface area contributed by atoms with Crippen molar-refractivity contribution in [3.8, 4) is 0 Å². The summed E-state index contributed by atoms with van der Waals surface area (Å²) in [6.07, 6.45) is 3.23. The molecule has 1 saturated heterocycles. The second-order valence-electron chi connectivity index (χ2n) is 6.68. The van der Waals surface area contributed by atoms with E-state index in [0.717, 1.165) is 48.6 Å². The molecule has 1 fully saturated rings. The minimum Gasteiger partial charge on any atom is -0.353 e. The molecule has 1 aromatic rings. The maximum absolute atomic E-state index is 13.4. The number of hydrogen-bond donors (Lipinski definition) is 1. The molecular formula is C17H25F2N3O3S. The fraction of sp³-hybridized carbons (Fsp3) is 0.588. The summed E-state index contributed by atoms with van der Waals surface area (Å²) in [5.74, 6) is -2.28. The molecule has 0 bridgehead atoms. The maximum Gasteiger partial charge on any atom is 0.232 e. The molecule has 1 heterocycles. The molecular weight excluding hydrogens is 364 g/mol. The molecule has 1 N–H and O–H groups in total. The monoisotopic (exact) mass is 389 g/mol. The Kier molecular flexibility index (Phi) is 6.94. The standard InChI is InChI=1S/C17H25F2N3O3S/c1-21-10-7-13(8-11-21)20-17(23)4-3-9-22(26(2,24)25)14-5-6-15(18)16(19)12-14/h5-6,12-13H,3-4,7-11H2,1-2H3,(H,20,23). The van der Waals surface area contributed by atoms with E-state index in [9.17, 15) is 22.0 Å². The molecule has 0 atom stereocenters. The zero-order valence-electron chi connectivity index (χ0n) is 15.0. The second-order valence-corrected chi connectivity index (χ2v) is 8.59. The number of nitrogens with one attached hydrogen (secondary N) is 1. The second kappa shape index (κ2) is 8.77. The summed E-state index contributed by atoms with van der Waals surface area (Å²) in [5.41, 5.74) is 0.0436. The summed E-state index contributed by atoms with van der Waals surface area (Å²) in [7, 11) is -1.63. The van der Waals surface area contributed by atoms with Crippen LogP contribution in [0.4, 0.5) is 14.5 Å². The highest BCUT2D eigenvalue weighted by Crippen LogP contribution is 2.21. The minimum absolute atomic E-state index is 0.0186. The van der Waals surface area contributed by atoms with Gasteiger partial charge in [0.2, 0.25) is 15.9 Å². The van der Waals surface area contributed by atoms with Crippen LogP contribution in [0.3, 0.4) is 0 Å². The zero-order valence-corrected chi connectivity index (χ0v) is 15.9. The van der Waals surface area contributed by atoms with Crippen molar-refractivity contribution < 1.29 is 22.0 Å². The number of hydrogen-bond acceptors (Lipinski definition) is 4. The number of sulfonamides is 1. The molecule has 1 aliphatic heterocycles. The third-order valence-electron chi connectivity index (χ3n) is 4.44. The van der Waals surface area contributed by atoms with E-state index in [4.69, 9.17) is 0 Å². The number of likely N-dealkylation sites (tertiary alicyclic amines) is 1. The van der Waals surface area contributed by atoms with Crippen molar-refractivity contribution in [1.82, 2.24) is 10.2 Å². The first-order valence-electron chi connectivity index (χ1n) is 8.57. The maximum atomic E-state index is 13.4. The lowest BCUT2D eigenvalue weighted by atomic mass is 10.1. The van der Waals surface area contributed by atoms with Crippen molar-refractivity contribution in [2.75, 3.05) is 37.2 Å². The molecule has 0 radical (unpaired) electrons. The molecule has 0 spiro atoms. The van der Waals surface area contributed by atoms with Gasteiger partial charge in [-0.2, -0.15) is 0 Å². The molecule has 0 aromatic heterocycles. The molecule has 146 valence electrons. The van der Waals surface area contributed by atoms with Crippen LogP contribution in [0.2, 0.25) is 0 Å². The SMILES string of the molecule is CN1CCC(NC(=O)CCCN(c2ccc(F)c(F)c2)S(C)(=O)=O)CC1. The fourth-order valence-corrected chi connectivity index (χ4v) is 3.92. The van der Waals surface area contributed by atoms with Crippen LogP contribution in [0, 0.1) is 11.6 Å². The smallest absolute Gasteiger partial charge is 0.232 e. The Balaban J connectivity index is 1.89. The van der Waals surface area contributed by atoms with E-state index >= 15 is 0 Å². The average Bonchev–Trinajstić information content (AvgIpc) is 2.55. The van der Waals surface area contributed by atoms with Gasteiger partial charge in [0.05, 0.1) is 11.9 Å². The van der Waals surface area contributed by atoms with Gasteiger partial charge >= 0.3 is 0 Å². The highest BCUT2D eigenvalue weighted by atomic mass is 32.2. The highest BCUT2D eigenvalue weighted by Gasteiger charge is 2.21. The Hall–Kier alpha value is -1.74. The van der Waals surface area contributed by atoms with Crippen molar-refractivity contribution in [1.29, 1.82) is 0 Å². The third kappa shape index (κ3) is 5.91. The van der Waals surface area contributed by atoms with Gasteiger partial charge in [0.1, 0.15) is 0 Å². The topological polar surface area (TPSA) is 69.7 Å². The van der Waals surface area contributed by atoms with Crippen molar-refractivity contribution in [2.24, 2.45) is 0 Å². The molecule has 0 unspecified atom stereocenters. The Morgan fingerprint density at radius 3 is 2.50 bits per heavy atom. The first-order chi connectivity index (χ1) is 12.2. The molecule has 1 aliphatic rings. The summed E-state index contributed by atoms with van der Waals surface area (Å²) >= 11 is 0. The van der Waals surface area contributed by atoms with Crippen LogP contribution in [0.5, 0.6) is 0 Å². The van der Waals surface area contributed by atoms with Crippen LogP contribution in [-0.4, -0.2) is 58.2 Å². The van der Waals surface area contributed by atoms with Crippen LogP contribution >= 0.6 is 0 Å². The van der Waals surface area contributed by atoms with Crippen LogP contribution in [0.1, 0.15) is 25.7 Å². The first kappa shape index (κ1) is 20.6. The van der Waals surface area contributed by atoms with E-state index in [-0.39, 0.29) is 37.0 Å². The van der Waals surface area contributed by atoms with Crippen molar-refractivity contribution in [2.45, 2.75) is 31.7 Å². The third-order valence-corrected chi connectivity index (χ3v) is 5.63. The number of amides is 1. The number of halogens is 2. The lowest BCUT2D eigenvalue weighted by Crippen LogP contribution is -2.43. The summed E-state index contributed by atoms with van der Waals surface area (Å²) in [6.45, 7) is 1.89. The van der Waals surface area contributed by atoms with Crippen LogP contribution in [0.15, 0.2) is 18.2 Å². The van der Waals surface area contributed by atoms with E-state index in [0.29, 0.717) is 0 Å². The van der Waals surface area contributed by atoms with Crippen LogP contribution in [0.25, 0.3) is 0 Å². The summed E-state index contributed by atoms with van der Waals surface area (Å²) in [5, 5.41) is 2.97. The lowest BCUT2D eigenvalue weighted by Gasteiger charge is -2.29. The number of nitrogens with zero attached hydrogens (tertiary/aromatic N) is 2. The van der Waals surface area contributed by atoms with Crippen molar-refractivity contribution in [3.63, 3.8) is 0 Å². The molecule has 1 aromatic carbocycles. The minimum atomic E-state index is -3.67. The van der Waals surface area contributed by atoms with Crippen molar-refractivity contribution in [3.05, 3.63) is 29.8 Å². The number of benzene rings is 1.